The third-order valence-corrected chi connectivity index (χ3v) is 6.01. The van der Waals surface area contributed by atoms with Crippen molar-refractivity contribution in [1.29, 1.82) is 0 Å². The van der Waals surface area contributed by atoms with Gasteiger partial charge in [0, 0.05) is 20.4 Å². The van der Waals surface area contributed by atoms with Gasteiger partial charge in [0.1, 0.15) is 11.5 Å². The number of nitrogens with zero attached hydrogens (tertiary/aromatic N) is 6. The van der Waals surface area contributed by atoms with Crippen LogP contribution in [-0.4, -0.2) is 51.1 Å². The smallest absolute Gasteiger partial charge is 0.279 e. The summed E-state index contributed by atoms with van der Waals surface area (Å²) in [7, 11) is -1.16. The Morgan fingerprint density at radius 2 is 2.13 bits per heavy atom. The minimum atomic E-state index is -1.16. The highest BCUT2D eigenvalue weighted by molar-refractivity contribution is 6.76. The van der Waals surface area contributed by atoms with Crippen LogP contribution in [0, 0.1) is 5.82 Å². The number of hydrogen-bond acceptors (Lipinski definition) is 9. The number of anilines is 2. The summed E-state index contributed by atoms with van der Waals surface area (Å²) in [5.41, 5.74) is 0.487. The molecule has 0 aliphatic carbocycles. The maximum Gasteiger partial charge on any atom is 0.279 e. The molecule has 3 aromatic rings. The number of hydrogen-bond donors (Lipinski definition) is 2. The molecule has 2 aromatic heterocycles. The zero-order chi connectivity index (χ0) is 22.4. The van der Waals surface area contributed by atoms with E-state index in [0.717, 1.165) is 12.1 Å². The molecule has 0 aliphatic heterocycles. The van der Waals surface area contributed by atoms with Crippen LogP contribution in [0.15, 0.2) is 22.8 Å². The Kier molecular flexibility index (Phi) is 7.30. The van der Waals surface area contributed by atoms with Crippen molar-refractivity contribution in [3.05, 3.63) is 40.4 Å². The van der Waals surface area contributed by atoms with Gasteiger partial charge in [0.05, 0.1) is 11.6 Å². The lowest BCUT2D eigenvalue weighted by Gasteiger charge is -2.14. The Morgan fingerprint density at radius 3 is 2.87 bits per heavy atom. The average molecular weight is 469 g/mol. The van der Waals surface area contributed by atoms with Gasteiger partial charge in [-0.1, -0.05) is 41.5 Å². The molecule has 0 radical (unpaired) electrons. The second-order valence-corrected chi connectivity index (χ2v) is 13.9. The zero-order valence-corrected chi connectivity index (χ0v) is 19.0. The molecule has 0 saturated carbocycles. The second kappa shape index (κ2) is 9.94. The maximum absolute atomic E-state index is 13.3. The number of ether oxygens (including phenoxy) is 1. The van der Waals surface area contributed by atoms with Crippen LogP contribution in [0.4, 0.5) is 16.0 Å². The summed E-state index contributed by atoms with van der Waals surface area (Å²) in [6.45, 7) is 7.72. The van der Waals surface area contributed by atoms with Crippen LogP contribution in [0.3, 0.4) is 0 Å². The minimum Gasteiger partial charge on any atom is -0.358 e. The van der Waals surface area contributed by atoms with Crippen molar-refractivity contribution in [2.24, 2.45) is 0 Å². The van der Waals surface area contributed by atoms with E-state index in [4.69, 9.17) is 16.3 Å². The van der Waals surface area contributed by atoms with E-state index in [-0.39, 0.29) is 35.6 Å². The standard InChI is InChI=1S/C17H22ClFN8O3Si/c1-31(2,3)7-6-29-10-27-23-17(22-26-27)20-9-14-15(25-30-24-14)16(28)21-11-4-5-13(19)12(18)8-11/h4-5,8H,6-7,9-10H2,1-3H3,(H,20,23)(H,21,28). The summed E-state index contributed by atoms with van der Waals surface area (Å²) in [6, 6.07) is 4.85. The van der Waals surface area contributed by atoms with Crippen molar-refractivity contribution < 1.29 is 18.6 Å². The van der Waals surface area contributed by atoms with Gasteiger partial charge < -0.3 is 15.4 Å². The molecular formula is C17H22ClFN8O3Si. The molecule has 0 bridgehead atoms. The number of tetrazole rings is 1. The number of nitrogens with one attached hydrogen (secondary N) is 2. The third-order valence-electron chi connectivity index (χ3n) is 4.02. The predicted molar refractivity (Wildman–Crippen MR) is 113 cm³/mol. The second-order valence-electron chi connectivity index (χ2n) is 7.83. The van der Waals surface area contributed by atoms with E-state index in [1.165, 1.54) is 16.9 Å². The molecule has 11 nitrogen and oxygen atoms in total. The molecule has 166 valence electrons. The summed E-state index contributed by atoms with van der Waals surface area (Å²) in [5.74, 6) is -0.948. The number of benzene rings is 1. The number of halogens is 2. The Morgan fingerprint density at radius 1 is 1.32 bits per heavy atom. The van der Waals surface area contributed by atoms with Crippen LogP contribution in [-0.2, 0) is 18.0 Å². The average Bonchev–Trinajstić information content (AvgIpc) is 3.35. The maximum atomic E-state index is 13.3. The monoisotopic (exact) mass is 468 g/mol. The van der Waals surface area contributed by atoms with Crippen LogP contribution < -0.4 is 10.6 Å². The molecule has 0 saturated heterocycles. The van der Waals surface area contributed by atoms with E-state index in [0.29, 0.717) is 12.3 Å². The lowest BCUT2D eigenvalue weighted by atomic mass is 10.2. The molecular weight excluding hydrogens is 447 g/mol. The minimum absolute atomic E-state index is 0.0463. The van der Waals surface area contributed by atoms with Gasteiger partial charge in [-0.05, 0) is 34.6 Å². The van der Waals surface area contributed by atoms with E-state index in [9.17, 15) is 9.18 Å². The Hall–Kier alpha value is -2.90. The van der Waals surface area contributed by atoms with Crippen molar-refractivity contribution in [3.8, 4) is 0 Å². The van der Waals surface area contributed by atoms with Gasteiger partial charge in [0.15, 0.2) is 12.4 Å². The zero-order valence-electron chi connectivity index (χ0n) is 17.2. The Bertz CT molecular complexity index is 1040. The van der Waals surface area contributed by atoms with Crippen molar-refractivity contribution in [3.63, 3.8) is 0 Å². The van der Waals surface area contributed by atoms with Crippen LogP contribution in [0.5, 0.6) is 0 Å². The first-order chi connectivity index (χ1) is 14.7. The Balaban J connectivity index is 1.52. The summed E-state index contributed by atoms with van der Waals surface area (Å²) in [5, 5.41) is 24.6. The van der Waals surface area contributed by atoms with Gasteiger partial charge >= 0.3 is 0 Å². The molecule has 14 heteroatoms. The van der Waals surface area contributed by atoms with Crippen LogP contribution in [0.1, 0.15) is 16.2 Å². The van der Waals surface area contributed by atoms with Gasteiger partial charge in [-0.15, -0.1) is 9.90 Å². The summed E-state index contributed by atoms with van der Waals surface area (Å²) < 4.78 is 23.5. The van der Waals surface area contributed by atoms with Crippen molar-refractivity contribution in [2.75, 3.05) is 17.2 Å². The van der Waals surface area contributed by atoms with E-state index < -0.39 is 19.8 Å². The van der Waals surface area contributed by atoms with E-state index in [1.54, 1.807) is 0 Å². The van der Waals surface area contributed by atoms with E-state index in [2.05, 4.69) is 60.6 Å². The summed E-state index contributed by atoms with van der Waals surface area (Å²) >= 11 is 5.72. The predicted octanol–water partition coefficient (Wildman–Crippen LogP) is 3.03. The van der Waals surface area contributed by atoms with Crippen molar-refractivity contribution >= 4 is 37.2 Å². The van der Waals surface area contributed by atoms with E-state index in [1.807, 2.05) is 0 Å². The van der Waals surface area contributed by atoms with Gasteiger partial charge in [-0.3, -0.25) is 4.79 Å². The first-order valence-corrected chi connectivity index (χ1v) is 13.5. The van der Waals surface area contributed by atoms with Crippen LogP contribution in [0.2, 0.25) is 30.7 Å². The van der Waals surface area contributed by atoms with Gasteiger partial charge in [-0.2, -0.15) is 0 Å². The molecule has 0 aliphatic rings. The fraction of sp³-hybridized carbons (Fsp3) is 0.412. The molecule has 0 unspecified atom stereocenters. The van der Waals surface area contributed by atoms with Gasteiger partial charge in [0.2, 0.25) is 0 Å². The normalized spacial score (nSPS) is 11.5. The fourth-order valence-electron chi connectivity index (χ4n) is 2.32. The topological polar surface area (TPSA) is 133 Å². The first kappa shape index (κ1) is 22.8. The number of rotatable bonds is 10. The van der Waals surface area contributed by atoms with Crippen molar-refractivity contribution in [2.45, 2.75) is 39.0 Å². The summed E-state index contributed by atoms with van der Waals surface area (Å²) in [4.78, 5) is 13.7. The molecule has 2 heterocycles. The quantitative estimate of drug-likeness (QED) is 0.340. The largest absolute Gasteiger partial charge is 0.358 e. The Labute approximate surface area is 183 Å². The molecule has 0 atom stereocenters. The number of amides is 1. The molecule has 3 rings (SSSR count). The fourth-order valence-corrected chi connectivity index (χ4v) is 3.25. The molecule has 1 aromatic carbocycles. The van der Waals surface area contributed by atoms with E-state index >= 15 is 0 Å². The third kappa shape index (κ3) is 6.80. The molecule has 1 amide bonds. The number of carbonyl (C=O) groups excluding carboxylic acids is 1. The number of carbonyl (C=O) groups is 1. The summed E-state index contributed by atoms with van der Waals surface area (Å²) in [6.07, 6.45) is 0. The highest BCUT2D eigenvalue weighted by atomic mass is 35.5. The van der Waals surface area contributed by atoms with Crippen LogP contribution in [0.25, 0.3) is 0 Å². The molecule has 0 spiro atoms. The lowest BCUT2D eigenvalue weighted by Crippen LogP contribution is -2.22. The van der Waals surface area contributed by atoms with Crippen molar-refractivity contribution in [1.82, 2.24) is 30.5 Å². The molecule has 2 N–H and O–H groups in total. The SMILES string of the molecule is C[Si](C)(C)CCOCn1nnc(NCc2nonc2C(=O)Nc2ccc(F)c(Cl)c2)n1. The van der Waals surface area contributed by atoms with Gasteiger partial charge in [-0.25, -0.2) is 9.02 Å². The molecule has 0 fully saturated rings. The van der Waals surface area contributed by atoms with Crippen LogP contribution >= 0.6 is 11.6 Å². The van der Waals surface area contributed by atoms with Gasteiger partial charge in [0.25, 0.3) is 11.9 Å². The highest BCUT2D eigenvalue weighted by Gasteiger charge is 2.19. The molecule has 31 heavy (non-hydrogen) atoms. The highest BCUT2D eigenvalue weighted by Crippen LogP contribution is 2.20. The lowest BCUT2D eigenvalue weighted by molar-refractivity contribution is 0.0674. The first-order valence-electron chi connectivity index (χ1n) is 9.38. The number of aromatic nitrogens is 6.